The molecule has 0 fully saturated rings. The Morgan fingerprint density at radius 1 is 1.20 bits per heavy atom. The van der Waals surface area contributed by atoms with Crippen molar-refractivity contribution in [1.82, 2.24) is 24.9 Å². The van der Waals surface area contributed by atoms with E-state index in [1.807, 2.05) is 29.1 Å². The molecule has 126 valence electrons. The fourth-order valence-electron chi connectivity index (χ4n) is 2.37. The maximum atomic E-state index is 13.0. The molecule has 0 N–H and O–H groups in total. The Morgan fingerprint density at radius 3 is 2.72 bits per heavy atom. The second kappa shape index (κ2) is 6.41. The summed E-state index contributed by atoms with van der Waals surface area (Å²) in [6.07, 6.45) is 0. The van der Waals surface area contributed by atoms with Crippen LogP contribution in [0.1, 0.15) is 16.9 Å². The first-order valence-corrected chi connectivity index (χ1v) is 8.74. The Morgan fingerprint density at radius 2 is 2.00 bits per heavy atom. The summed E-state index contributed by atoms with van der Waals surface area (Å²) >= 11 is 6.15. The van der Waals surface area contributed by atoms with Crippen molar-refractivity contribution in [2.75, 3.05) is 0 Å². The van der Waals surface area contributed by atoms with Crippen molar-refractivity contribution in [3.8, 4) is 22.2 Å². The summed E-state index contributed by atoms with van der Waals surface area (Å²) in [5.41, 5.74) is 0.637. The predicted molar refractivity (Wildman–Crippen MR) is 94.8 cm³/mol. The van der Waals surface area contributed by atoms with Gasteiger partial charge in [0.1, 0.15) is 11.1 Å². The van der Waals surface area contributed by atoms with Gasteiger partial charge in [0.2, 0.25) is 0 Å². The van der Waals surface area contributed by atoms with Gasteiger partial charge in [-0.1, -0.05) is 11.2 Å². The molecule has 0 saturated heterocycles. The number of benzene rings is 1. The molecule has 1 aromatic carbocycles. The van der Waals surface area contributed by atoms with Crippen LogP contribution in [0.4, 0.5) is 4.39 Å². The summed E-state index contributed by atoms with van der Waals surface area (Å²) in [5.74, 6) is 1.71. The summed E-state index contributed by atoms with van der Waals surface area (Å²) in [5, 5.41) is 13.9. The first-order valence-electron chi connectivity index (χ1n) is 7.34. The monoisotopic (exact) mass is 373 g/mol. The van der Waals surface area contributed by atoms with Gasteiger partial charge in [-0.2, -0.15) is 17.6 Å². The lowest BCUT2D eigenvalue weighted by Crippen LogP contribution is -2.05. The van der Waals surface area contributed by atoms with E-state index in [1.54, 1.807) is 23.5 Å². The molecule has 3 aromatic heterocycles. The summed E-state index contributed by atoms with van der Waals surface area (Å²) in [6, 6.07) is 9.78. The van der Waals surface area contributed by atoms with Crippen molar-refractivity contribution in [1.29, 1.82) is 0 Å². The highest BCUT2D eigenvalue weighted by Gasteiger charge is 2.24. The van der Waals surface area contributed by atoms with Crippen LogP contribution in [-0.4, -0.2) is 24.9 Å². The van der Waals surface area contributed by atoms with Gasteiger partial charge in [-0.05, 0) is 35.7 Å². The van der Waals surface area contributed by atoms with Gasteiger partial charge in [0.15, 0.2) is 17.5 Å². The van der Waals surface area contributed by atoms with Gasteiger partial charge in [0, 0.05) is 12.6 Å². The summed E-state index contributed by atoms with van der Waals surface area (Å²) in [4.78, 5) is 5.36. The fraction of sp³-hybridized carbons (Fsp3) is 0.125. The molecular weight excluding hydrogens is 361 g/mol. The van der Waals surface area contributed by atoms with Crippen LogP contribution in [-0.2, 0) is 7.05 Å². The maximum absolute atomic E-state index is 13.0. The lowest BCUT2D eigenvalue weighted by molar-refractivity contribution is 0.423. The molecule has 0 bridgehead atoms. The lowest BCUT2D eigenvalue weighted by atomic mass is 10.2. The highest BCUT2D eigenvalue weighted by Crippen LogP contribution is 2.30. The van der Waals surface area contributed by atoms with Crippen LogP contribution < -0.4 is 0 Å². The van der Waals surface area contributed by atoms with Gasteiger partial charge in [0.05, 0.1) is 4.88 Å². The van der Waals surface area contributed by atoms with E-state index in [0.717, 1.165) is 10.7 Å². The standard InChI is InChI=1S/C16H12FN5OS2/c1-22-14(11-3-2-8-25-11)19-20-15(22)12(24)13-18-16(23-21-13)9-4-6-10(17)7-5-9/h2-8,12,24H,1H3. The molecule has 0 radical (unpaired) electrons. The Labute approximate surface area is 151 Å². The summed E-state index contributed by atoms with van der Waals surface area (Å²) in [6.45, 7) is 0. The Bertz CT molecular complexity index is 994. The maximum Gasteiger partial charge on any atom is 0.257 e. The Kier molecular flexibility index (Phi) is 4.10. The van der Waals surface area contributed by atoms with Crippen molar-refractivity contribution < 1.29 is 8.91 Å². The van der Waals surface area contributed by atoms with Gasteiger partial charge in [-0.25, -0.2) is 4.39 Å². The van der Waals surface area contributed by atoms with E-state index in [1.165, 1.54) is 12.1 Å². The number of halogens is 1. The van der Waals surface area contributed by atoms with Crippen LogP contribution in [0, 0.1) is 5.82 Å². The highest BCUT2D eigenvalue weighted by molar-refractivity contribution is 7.80. The van der Waals surface area contributed by atoms with Crippen LogP contribution in [0.2, 0.25) is 0 Å². The molecule has 4 rings (SSSR count). The first kappa shape index (κ1) is 16.0. The van der Waals surface area contributed by atoms with Crippen molar-refractivity contribution in [2.24, 2.45) is 7.05 Å². The first-order chi connectivity index (χ1) is 12.1. The SMILES string of the molecule is Cn1c(-c2cccs2)nnc1C(S)c1noc(-c2ccc(F)cc2)n1. The van der Waals surface area contributed by atoms with E-state index in [-0.39, 0.29) is 5.82 Å². The van der Waals surface area contributed by atoms with Crippen LogP contribution in [0.25, 0.3) is 22.2 Å². The number of hydrogen-bond donors (Lipinski definition) is 1. The van der Waals surface area contributed by atoms with E-state index in [9.17, 15) is 4.39 Å². The zero-order valence-electron chi connectivity index (χ0n) is 13.0. The Hall–Kier alpha value is -2.52. The molecule has 9 heteroatoms. The molecule has 0 aliphatic carbocycles. The minimum Gasteiger partial charge on any atom is -0.334 e. The van der Waals surface area contributed by atoms with Crippen molar-refractivity contribution in [3.63, 3.8) is 0 Å². The molecule has 25 heavy (non-hydrogen) atoms. The van der Waals surface area contributed by atoms with Gasteiger partial charge in [-0.3, -0.25) is 0 Å². The van der Waals surface area contributed by atoms with Crippen LogP contribution >= 0.6 is 24.0 Å². The summed E-state index contributed by atoms with van der Waals surface area (Å²) in [7, 11) is 1.87. The smallest absolute Gasteiger partial charge is 0.257 e. The molecule has 6 nitrogen and oxygen atoms in total. The number of aromatic nitrogens is 5. The molecule has 1 atom stereocenters. The molecule has 0 spiro atoms. The molecule has 0 saturated carbocycles. The molecule has 0 aliphatic heterocycles. The van der Waals surface area contributed by atoms with Crippen molar-refractivity contribution in [2.45, 2.75) is 5.25 Å². The van der Waals surface area contributed by atoms with Crippen molar-refractivity contribution in [3.05, 3.63) is 59.2 Å². The molecule has 3 heterocycles. The third-order valence-electron chi connectivity index (χ3n) is 3.67. The average Bonchev–Trinajstić information content (AvgIpc) is 3.35. The summed E-state index contributed by atoms with van der Waals surface area (Å²) < 4.78 is 20.1. The topological polar surface area (TPSA) is 69.6 Å². The number of thiol groups is 1. The Balaban J connectivity index is 1.64. The van der Waals surface area contributed by atoms with Crippen molar-refractivity contribution >= 4 is 24.0 Å². The molecule has 1 unspecified atom stereocenters. The van der Waals surface area contributed by atoms with Gasteiger partial charge in [0.25, 0.3) is 5.89 Å². The van der Waals surface area contributed by atoms with E-state index in [0.29, 0.717) is 23.1 Å². The fourth-order valence-corrected chi connectivity index (χ4v) is 3.44. The number of nitrogens with zero attached hydrogens (tertiary/aromatic N) is 5. The van der Waals surface area contributed by atoms with E-state index >= 15 is 0 Å². The molecular formula is C16H12FN5OS2. The molecule has 4 aromatic rings. The van der Waals surface area contributed by atoms with Gasteiger partial charge >= 0.3 is 0 Å². The predicted octanol–water partition coefficient (Wildman–Crippen LogP) is 3.75. The van der Waals surface area contributed by atoms with Gasteiger partial charge < -0.3 is 9.09 Å². The average molecular weight is 373 g/mol. The lowest BCUT2D eigenvalue weighted by Gasteiger charge is -2.06. The zero-order chi connectivity index (χ0) is 17.4. The number of thiophene rings is 1. The third-order valence-corrected chi connectivity index (χ3v) is 5.00. The van der Waals surface area contributed by atoms with E-state index < -0.39 is 5.25 Å². The molecule has 0 amide bonds. The zero-order valence-corrected chi connectivity index (χ0v) is 14.7. The normalized spacial score (nSPS) is 12.4. The van der Waals surface area contributed by atoms with Crippen LogP contribution in [0.15, 0.2) is 46.3 Å². The number of rotatable bonds is 4. The second-order valence-corrected chi connectivity index (χ2v) is 6.75. The minimum absolute atomic E-state index is 0.301. The van der Waals surface area contributed by atoms with E-state index in [2.05, 4.69) is 33.0 Å². The highest BCUT2D eigenvalue weighted by atomic mass is 32.1. The van der Waals surface area contributed by atoms with Crippen LogP contribution in [0.3, 0.4) is 0 Å². The van der Waals surface area contributed by atoms with Crippen LogP contribution in [0.5, 0.6) is 0 Å². The quantitative estimate of drug-likeness (QED) is 0.552. The van der Waals surface area contributed by atoms with Gasteiger partial charge in [-0.15, -0.1) is 21.5 Å². The second-order valence-electron chi connectivity index (χ2n) is 5.29. The largest absolute Gasteiger partial charge is 0.334 e. The minimum atomic E-state index is -0.496. The van der Waals surface area contributed by atoms with E-state index in [4.69, 9.17) is 4.52 Å². The number of hydrogen-bond acceptors (Lipinski definition) is 7. The third kappa shape index (κ3) is 2.96. The molecule has 0 aliphatic rings.